The highest BCUT2D eigenvalue weighted by atomic mass is 16.2. The van der Waals surface area contributed by atoms with Crippen molar-refractivity contribution in [1.29, 1.82) is 0 Å². The van der Waals surface area contributed by atoms with Gasteiger partial charge >= 0.3 is 6.03 Å². The second-order valence-electron chi connectivity index (χ2n) is 3.66. The first-order valence-corrected chi connectivity index (χ1v) is 4.95. The lowest BCUT2D eigenvalue weighted by atomic mass is 10.00. The monoisotopic (exact) mass is 185 g/mol. The van der Waals surface area contributed by atoms with Gasteiger partial charge in [-0.2, -0.15) is 0 Å². The van der Waals surface area contributed by atoms with Crippen molar-refractivity contribution in [1.82, 2.24) is 10.2 Å². The number of likely N-dealkylation sites (tertiary alicyclic amines) is 1. The lowest BCUT2D eigenvalue weighted by molar-refractivity contribution is 0.151. The zero-order chi connectivity index (χ0) is 9.84. The number of piperidine rings is 1. The molecular weight excluding hydrogens is 166 g/mol. The highest BCUT2D eigenvalue weighted by molar-refractivity contribution is 5.74. The van der Waals surface area contributed by atoms with Gasteiger partial charge in [0.15, 0.2) is 0 Å². The molecule has 0 aliphatic carbocycles. The van der Waals surface area contributed by atoms with Crippen LogP contribution in [-0.2, 0) is 0 Å². The van der Waals surface area contributed by atoms with Crippen molar-refractivity contribution in [3.05, 3.63) is 0 Å². The molecule has 13 heavy (non-hydrogen) atoms. The standard InChI is InChI=1S/C9H19N3O/c1-3-11-9(13)12-5-4-8(10)6-7(12)2/h7-8H,3-6,10H2,1-2H3,(H,11,13). The van der Waals surface area contributed by atoms with Gasteiger partial charge in [-0.15, -0.1) is 0 Å². The van der Waals surface area contributed by atoms with Crippen LogP contribution in [0.4, 0.5) is 4.79 Å². The molecule has 1 fully saturated rings. The molecule has 0 aromatic rings. The van der Waals surface area contributed by atoms with E-state index in [0.717, 1.165) is 19.4 Å². The number of nitrogens with two attached hydrogens (primary N) is 1. The Hall–Kier alpha value is -0.770. The van der Waals surface area contributed by atoms with E-state index in [1.165, 1.54) is 0 Å². The van der Waals surface area contributed by atoms with E-state index in [4.69, 9.17) is 5.73 Å². The summed E-state index contributed by atoms with van der Waals surface area (Å²) < 4.78 is 0. The predicted molar refractivity (Wildman–Crippen MR) is 52.5 cm³/mol. The quantitative estimate of drug-likeness (QED) is 0.626. The van der Waals surface area contributed by atoms with E-state index in [1.807, 2.05) is 18.7 Å². The maximum Gasteiger partial charge on any atom is 0.317 e. The molecule has 0 aromatic heterocycles. The van der Waals surface area contributed by atoms with Crippen LogP contribution in [0.3, 0.4) is 0 Å². The topological polar surface area (TPSA) is 58.4 Å². The van der Waals surface area contributed by atoms with Gasteiger partial charge in [0.2, 0.25) is 0 Å². The normalized spacial score (nSPS) is 28.7. The molecule has 2 unspecified atom stereocenters. The summed E-state index contributed by atoms with van der Waals surface area (Å²) in [5, 5.41) is 2.81. The van der Waals surface area contributed by atoms with E-state index in [2.05, 4.69) is 5.32 Å². The molecule has 4 heteroatoms. The minimum Gasteiger partial charge on any atom is -0.338 e. The summed E-state index contributed by atoms with van der Waals surface area (Å²) in [6.07, 6.45) is 1.83. The Balaban J connectivity index is 2.45. The SMILES string of the molecule is CCNC(=O)N1CCC(N)CC1C. The zero-order valence-electron chi connectivity index (χ0n) is 8.42. The molecule has 1 heterocycles. The number of nitrogens with zero attached hydrogens (tertiary/aromatic N) is 1. The van der Waals surface area contributed by atoms with Crippen LogP contribution in [-0.4, -0.2) is 36.1 Å². The predicted octanol–water partition coefficient (Wildman–Crippen LogP) is 0.527. The Kier molecular flexibility index (Phi) is 3.54. The molecule has 1 rings (SSSR count). The van der Waals surface area contributed by atoms with Crippen LogP contribution < -0.4 is 11.1 Å². The van der Waals surface area contributed by atoms with Gasteiger partial charge in [0.05, 0.1) is 0 Å². The summed E-state index contributed by atoms with van der Waals surface area (Å²) in [5.74, 6) is 0. The van der Waals surface area contributed by atoms with E-state index < -0.39 is 0 Å². The Morgan fingerprint density at radius 2 is 2.38 bits per heavy atom. The van der Waals surface area contributed by atoms with E-state index in [9.17, 15) is 4.79 Å². The van der Waals surface area contributed by atoms with E-state index in [0.29, 0.717) is 6.54 Å². The third-order valence-corrected chi connectivity index (χ3v) is 2.51. The molecular formula is C9H19N3O. The van der Waals surface area contributed by atoms with Gasteiger partial charge in [0, 0.05) is 25.2 Å². The number of rotatable bonds is 1. The molecule has 3 N–H and O–H groups in total. The molecule has 2 amide bonds. The summed E-state index contributed by atoms with van der Waals surface area (Å²) in [5.41, 5.74) is 5.80. The van der Waals surface area contributed by atoms with E-state index in [1.54, 1.807) is 0 Å². The first kappa shape index (κ1) is 10.3. The van der Waals surface area contributed by atoms with Crippen LogP contribution in [0, 0.1) is 0 Å². The van der Waals surface area contributed by atoms with Gasteiger partial charge in [-0.3, -0.25) is 0 Å². The summed E-state index contributed by atoms with van der Waals surface area (Å²) in [6.45, 7) is 5.45. The molecule has 4 nitrogen and oxygen atoms in total. The summed E-state index contributed by atoms with van der Waals surface area (Å²) in [4.78, 5) is 13.4. The maximum absolute atomic E-state index is 11.5. The van der Waals surface area contributed by atoms with Crippen molar-refractivity contribution < 1.29 is 4.79 Å². The van der Waals surface area contributed by atoms with Crippen molar-refractivity contribution in [2.24, 2.45) is 5.73 Å². The van der Waals surface area contributed by atoms with E-state index >= 15 is 0 Å². The third-order valence-electron chi connectivity index (χ3n) is 2.51. The fourth-order valence-electron chi connectivity index (χ4n) is 1.76. The molecule has 1 aliphatic rings. The van der Waals surface area contributed by atoms with Crippen LogP contribution in [0.5, 0.6) is 0 Å². The van der Waals surface area contributed by atoms with Crippen LogP contribution in [0.2, 0.25) is 0 Å². The van der Waals surface area contributed by atoms with Gasteiger partial charge in [0.1, 0.15) is 0 Å². The molecule has 0 spiro atoms. The molecule has 2 atom stereocenters. The fraction of sp³-hybridized carbons (Fsp3) is 0.889. The van der Waals surface area contributed by atoms with Crippen LogP contribution in [0.15, 0.2) is 0 Å². The smallest absolute Gasteiger partial charge is 0.317 e. The highest BCUT2D eigenvalue weighted by Crippen LogP contribution is 2.15. The van der Waals surface area contributed by atoms with Gasteiger partial charge in [-0.05, 0) is 26.7 Å². The number of hydrogen-bond donors (Lipinski definition) is 2. The molecule has 0 aromatic carbocycles. The van der Waals surface area contributed by atoms with Gasteiger partial charge in [-0.1, -0.05) is 0 Å². The molecule has 1 saturated heterocycles. The Labute approximate surface area is 79.5 Å². The largest absolute Gasteiger partial charge is 0.338 e. The van der Waals surface area contributed by atoms with Crippen LogP contribution in [0.25, 0.3) is 0 Å². The van der Waals surface area contributed by atoms with Crippen molar-refractivity contribution in [2.45, 2.75) is 38.8 Å². The second kappa shape index (κ2) is 4.46. The second-order valence-corrected chi connectivity index (χ2v) is 3.66. The molecule has 1 aliphatic heterocycles. The number of carbonyl (C=O) groups is 1. The Morgan fingerprint density at radius 1 is 1.69 bits per heavy atom. The minimum atomic E-state index is 0.0434. The Bertz CT molecular complexity index is 184. The number of urea groups is 1. The molecule has 76 valence electrons. The van der Waals surface area contributed by atoms with Crippen molar-refractivity contribution >= 4 is 6.03 Å². The molecule has 0 bridgehead atoms. The number of nitrogens with one attached hydrogen (secondary N) is 1. The third kappa shape index (κ3) is 2.59. The average Bonchev–Trinajstić information content (AvgIpc) is 2.04. The average molecular weight is 185 g/mol. The minimum absolute atomic E-state index is 0.0434. The molecule has 0 radical (unpaired) electrons. The number of hydrogen-bond acceptors (Lipinski definition) is 2. The number of carbonyl (C=O) groups excluding carboxylic acids is 1. The zero-order valence-corrected chi connectivity index (χ0v) is 8.42. The maximum atomic E-state index is 11.5. The van der Waals surface area contributed by atoms with Gasteiger partial charge in [0.25, 0.3) is 0 Å². The number of amides is 2. The highest BCUT2D eigenvalue weighted by Gasteiger charge is 2.26. The van der Waals surface area contributed by atoms with Gasteiger partial charge < -0.3 is 16.0 Å². The lowest BCUT2D eigenvalue weighted by Crippen LogP contribution is -2.51. The van der Waals surface area contributed by atoms with Crippen molar-refractivity contribution in [3.8, 4) is 0 Å². The molecule has 0 saturated carbocycles. The van der Waals surface area contributed by atoms with Crippen LogP contribution in [0.1, 0.15) is 26.7 Å². The first-order chi connectivity index (χ1) is 6.15. The summed E-state index contributed by atoms with van der Waals surface area (Å²) in [6, 6.07) is 0.581. The van der Waals surface area contributed by atoms with Crippen molar-refractivity contribution in [2.75, 3.05) is 13.1 Å². The van der Waals surface area contributed by atoms with Crippen molar-refractivity contribution in [3.63, 3.8) is 0 Å². The fourth-order valence-corrected chi connectivity index (χ4v) is 1.76. The summed E-state index contributed by atoms with van der Waals surface area (Å²) in [7, 11) is 0. The first-order valence-electron chi connectivity index (χ1n) is 4.95. The Morgan fingerprint density at radius 3 is 2.92 bits per heavy atom. The van der Waals surface area contributed by atoms with E-state index in [-0.39, 0.29) is 18.1 Å². The lowest BCUT2D eigenvalue weighted by Gasteiger charge is -2.36. The van der Waals surface area contributed by atoms with Gasteiger partial charge in [-0.25, -0.2) is 4.79 Å². The summed E-state index contributed by atoms with van der Waals surface area (Å²) >= 11 is 0. The van der Waals surface area contributed by atoms with Crippen LogP contribution >= 0.6 is 0 Å².